The van der Waals surface area contributed by atoms with Crippen LogP contribution in [-0.4, -0.2) is 47.8 Å². The molecule has 0 rings (SSSR count). The average Bonchev–Trinajstić information content (AvgIpc) is 2.97. The molecule has 0 aliphatic rings. The van der Waals surface area contributed by atoms with Crippen LogP contribution in [-0.2, 0) is 14.2 Å². The Kier molecular flexibility index (Phi) is 17.5. The molecular weight excluding hydrogens is 472 g/mol. The third-order valence-corrected chi connectivity index (χ3v) is 11.3. The molecule has 38 heavy (non-hydrogen) atoms. The molecule has 0 aromatic carbocycles. The second-order valence-electron chi connectivity index (χ2n) is 11.9. The number of hydrogen-bond donors (Lipinski definition) is 1. The average molecular weight is 543 g/mol. The number of ether oxygens (including phenoxy) is 3. The lowest BCUT2D eigenvalue weighted by atomic mass is 9.63. The van der Waals surface area contributed by atoms with Crippen LogP contribution in [0.25, 0.3) is 0 Å². The van der Waals surface area contributed by atoms with Gasteiger partial charge in [-0.3, -0.25) is 0 Å². The quantitative estimate of drug-likeness (QED) is 0.132. The summed E-state index contributed by atoms with van der Waals surface area (Å²) in [5.41, 5.74) is -1.23. The van der Waals surface area contributed by atoms with E-state index in [0.29, 0.717) is 25.6 Å². The highest BCUT2D eigenvalue weighted by molar-refractivity contribution is 5.01. The molecule has 0 saturated carbocycles. The van der Waals surface area contributed by atoms with Crippen molar-refractivity contribution in [3.05, 3.63) is 0 Å². The molecule has 1 N–H and O–H groups in total. The van der Waals surface area contributed by atoms with E-state index in [-0.39, 0.29) is 22.0 Å². The third-order valence-electron chi connectivity index (χ3n) is 11.3. The summed E-state index contributed by atoms with van der Waals surface area (Å²) in [6.45, 7) is 28.9. The van der Waals surface area contributed by atoms with Crippen molar-refractivity contribution in [3.63, 3.8) is 0 Å². The van der Waals surface area contributed by atoms with E-state index in [0.717, 1.165) is 83.8 Å². The topological polar surface area (TPSA) is 47.9 Å². The Morgan fingerprint density at radius 3 is 1.26 bits per heavy atom. The summed E-state index contributed by atoms with van der Waals surface area (Å²) in [4.78, 5) is 0. The van der Waals surface area contributed by atoms with E-state index in [1.54, 1.807) is 0 Å². The Balaban J connectivity index is 6.12. The van der Waals surface area contributed by atoms with Gasteiger partial charge in [-0.1, -0.05) is 83.1 Å². The van der Waals surface area contributed by atoms with Crippen molar-refractivity contribution in [3.8, 4) is 0 Å². The van der Waals surface area contributed by atoms with E-state index in [1.807, 2.05) is 0 Å². The number of hydrogen-bond acceptors (Lipinski definition) is 4. The van der Waals surface area contributed by atoms with E-state index in [1.165, 1.54) is 0 Å². The largest absolute Gasteiger partial charge is 0.388 e. The van der Waals surface area contributed by atoms with Crippen LogP contribution in [0.4, 0.5) is 0 Å². The Morgan fingerprint density at radius 2 is 0.921 bits per heavy atom. The molecule has 0 radical (unpaired) electrons. The predicted octanol–water partition coefficient (Wildman–Crippen LogP) is 9.90. The Hall–Kier alpha value is -0.160. The van der Waals surface area contributed by atoms with Gasteiger partial charge in [0.1, 0.15) is 0 Å². The van der Waals surface area contributed by atoms with Gasteiger partial charge in [-0.25, -0.2) is 0 Å². The lowest BCUT2D eigenvalue weighted by Crippen LogP contribution is -2.54. The molecule has 0 heterocycles. The summed E-state index contributed by atoms with van der Waals surface area (Å²) in [6.07, 6.45) is 12.9. The zero-order valence-corrected chi connectivity index (χ0v) is 28.1. The summed E-state index contributed by atoms with van der Waals surface area (Å²) >= 11 is 0. The first-order valence-corrected chi connectivity index (χ1v) is 16.6. The minimum atomic E-state index is -0.754. The molecular formula is C34H70O4. The van der Waals surface area contributed by atoms with Crippen molar-refractivity contribution in [1.82, 2.24) is 0 Å². The molecule has 0 spiro atoms. The molecule has 0 fully saturated rings. The van der Waals surface area contributed by atoms with E-state index in [4.69, 9.17) is 14.2 Å². The first-order valence-electron chi connectivity index (χ1n) is 16.6. The fourth-order valence-electron chi connectivity index (χ4n) is 7.39. The molecule has 0 aromatic rings. The van der Waals surface area contributed by atoms with E-state index in [2.05, 4.69) is 83.1 Å². The third kappa shape index (κ3) is 8.20. The van der Waals surface area contributed by atoms with E-state index >= 15 is 0 Å². The summed E-state index contributed by atoms with van der Waals surface area (Å²) < 4.78 is 20.5. The number of rotatable bonds is 24. The Bertz CT molecular complexity index is 577. The van der Waals surface area contributed by atoms with Gasteiger partial charge in [0.2, 0.25) is 0 Å². The van der Waals surface area contributed by atoms with Crippen LogP contribution in [0.1, 0.15) is 167 Å². The molecule has 0 aliphatic heterocycles. The maximum atomic E-state index is 11.0. The van der Waals surface area contributed by atoms with E-state index in [9.17, 15) is 5.11 Å². The summed E-state index contributed by atoms with van der Waals surface area (Å²) in [5.74, 6) is 0. The Labute approximate surface area is 239 Å². The first-order chi connectivity index (χ1) is 18.0. The van der Waals surface area contributed by atoms with Gasteiger partial charge in [-0.2, -0.15) is 0 Å². The van der Waals surface area contributed by atoms with Crippen molar-refractivity contribution in [1.29, 1.82) is 0 Å². The summed E-state index contributed by atoms with van der Waals surface area (Å²) in [5, 5.41) is 11.0. The van der Waals surface area contributed by atoms with Gasteiger partial charge in [0.15, 0.2) is 0 Å². The number of aliphatic hydroxyl groups is 1. The fourth-order valence-corrected chi connectivity index (χ4v) is 7.39. The summed E-state index contributed by atoms with van der Waals surface area (Å²) in [7, 11) is 0. The zero-order chi connectivity index (χ0) is 29.5. The van der Waals surface area contributed by atoms with Gasteiger partial charge in [-0.05, 0) is 83.5 Å². The van der Waals surface area contributed by atoms with Crippen molar-refractivity contribution in [2.75, 3.05) is 19.8 Å². The molecule has 0 bridgehead atoms. The van der Waals surface area contributed by atoms with Crippen molar-refractivity contribution in [2.45, 2.75) is 189 Å². The lowest BCUT2D eigenvalue weighted by Gasteiger charge is -2.53. The van der Waals surface area contributed by atoms with Crippen LogP contribution < -0.4 is 0 Å². The summed E-state index contributed by atoms with van der Waals surface area (Å²) in [6, 6.07) is 0. The maximum Gasteiger partial charge on any atom is 0.0875 e. The van der Waals surface area contributed by atoms with Crippen LogP contribution in [0.15, 0.2) is 0 Å². The lowest BCUT2D eigenvalue weighted by molar-refractivity contribution is -0.206. The first kappa shape index (κ1) is 37.8. The van der Waals surface area contributed by atoms with Crippen LogP contribution in [0.5, 0.6) is 0 Å². The maximum absolute atomic E-state index is 11.0. The molecule has 0 aliphatic carbocycles. The van der Waals surface area contributed by atoms with Crippen LogP contribution in [0.3, 0.4) is 0 Å². The van der Waals surface area contributed by atoms with Gasteiger partial charge in [0.05, 0.1) is 36.1 Å². The second-order valence-corrected chi connectivity index (χ2v) is 11.9. The zero-order valence-electron chi connectivity index (χ0n) is 28.1. The van der Waals surface area contributed by atoms with Crippen molar-refractivity contribution >= 4 is 0 Å². The molecule has 0 atom stereocenters. The molecule has 0 aromatic heterocycles. The normalized spacial score (nSPS) is 14.1. The van der Waals surface area contributed by atoms with Gasteiger partial charge < -0.3 is 19.3 Å². The van der Waals surface area contributed by atoms with Crippen LogP contribution in [0, 0.1) is 10.8 Å². The Morgan fingerprint density at radius 1 is 0.500 bits per heavy atom. The van der Waals surface area contributed by atoms with Crippen LogP contribution in [0.2, 0.25) is 0 Å². The minimum absolute atomic E-state index is 0.000772. The van der Waals surface area contributed by atoms with Gasteiger partial charge in [-0.15, -0.1) is 0 Å². The SMILES string of the molecule is CCC(CC)OCC(CC)(CC)C(CC)(CC)OCCC(CC)(CC)C(CC)(CC)OCC(O)(CC)CC. The highest BCUT2D eigenvalue weighted by Crippen LogP contribution is 2.51. The minimum Gasteiger partial charge on any atom is -0.388 e. The molecule has 0 unspecified atom stereocenters. The van der Waals surface area contributed by atoms with Gasteiger partial charge in [0.25, 0.3) is 0 Å². The van der Waals surface area contributed by atoms with Crippen LogP contribution >= 0.6 is 0 Å². The molecule has 0 amide bonds. The molecule has 4 nitrogen and oxygen atoms in total. The molecule has 0 saturated heterocycles. The van der Waals surface area contributed by atoms with Gasteiger partial charge >= 0.3 is 0 Å². The van der Waals surface area contributed by atoms with Crippen molar-refractivity contribution in [2.24, 2.45) is 10.8 Å². The molecule has 4 heteroatoms. The fraction of sp³-hybridized carbons (Fsp3) is 1.00. The monoisotopic (exact) mass is 543 g/mol. The highest BCUT2D eigenvalue weighted by Gasteiger charge is 2.51. The van der Waals surface area contributed by atoms with Gasteiger partial charge in [0, 0.05) is 17.4 Å². The van der Waals surface area contributed by atoms with Crippen molar-refractivity contribution < 1.29 is 19.3 Å². The smallest absolute Gasteiger partial charge is 0.0875 e. The second kappa shape index (κ2) is 17.6. The highest BCUT2D eigenvalue weighted by atomic mass is 16.5. The predicted molar refractivity (Wildman–Crippen MR) is 165 cm³/mol. The standard InChI is InChI=1S/C34H70O4/c1-13-29(14-2)36-27-31(17-5,18-6)34(23-11,24-12)37-26-25-30(15-3,16-4)33(21-9,22-10)38-28-32(35,19-7)20-8/h29,35H,13-28H2,1-12H3. The molecule has 230 valence electrons. The van der Waals surface area contributed by atoms with E-state index < -0.39 is 5.60 Å².